The molecule has 0 radical (unpaired) electrons. The second kappa shape index (κ2) is 7.22. The molecule has 0 bridgehead atoms. The maximum atomic E-state index is 14.5. The van der Waals surface area contributed by atoms with Gasteiger partial charge in [0.2, 0.25) is 5.91 Å². The molecule has 10 heteroatoms. The number of anilines is 1. The summed E-state index contributed by atoms with van der Waals surface area (Å²) in [5.41, 5.74) is 0.381. The summed E-state index contributed by atoms with van der Waals surface area (Å²) in [5.74, 6) is -2.59. The highest BCUT2D eigenvalue weighted by atomic mass is 19.1. The minimum atomic E-state index is -0.986. The molecule has 0 saturated carbocycles. The molecule has 1 saturated heterocycles. The van der Waals surface area contributed by atoms with E-state index in [4.69, 9.17) is 9.15 Å². The van der Waals surface area contributed by atoms with Crippen molar-refractivity contribution in [3.05, 3.63) is 53.9 Å². The Kier molecular flexibility index (Phi) is 4.60. The zero-order chi connectivity index (χ0) is 19.7. The normalized spacial score (nSPS) is 18.8. The molecule has 1 aliphatic rings. The lowest BCUT2D eigenvalue weighted by Gasteiger charge is -2.19. The average molecular weight is 387 g/mol. The molecule has 144 valence electrons. The van der Waals surface area contributed by atoms with Crippen molar-refractivity contribution in [3.8, 4) is 17.2 Å². The number of hydrogen-bond donors (Lipinski definition) is 2. The third-order valence-electron chi connectivity index (χ3n) is 4.45. The van der Waals surface area contributed by atoms with Crippen LogP contribution in [-0.4, -0.2) is 40.8 Å². The molecule has 0 spiro atoms. The highest BCUT2D eigenvalue weighted by Gasteiger charge is 2.40. The predicted molar refractivity (Wildman–Crippen MR) is 93.6 cm³/mol. The Morgan fingerprint density at radius 3 is 2.75 bits per heavy atom. The number of carbonyl (C=O) groups excluding carboxylic acids is 1. The lowest BCUT2D eigenvalue weighted by atomic mass is 9.93. The summed E-state index contributed by atoms with van der Waals surface area (Å²) in [4.78, 5) is 16.2. The van der Waals surface area contributed by atoms with Gasteiger partial charge in [0, 0.05) is 42.6 Å². The van der Waals surface area contributed by atoms with E-state index < -0.39 is 29.5 Å². The van der Waals surface area contributed by atoms with Crippen LogP contribution < -0.4 is 15.4 Å². The van der Waals surface area contributed by atoms with Crippen molar-refractivity contribution in [1.29, 1.82) is 0 Å². The van der Waals surface area contributed by atoms with Gasteiger partial charge in [-0.3, -0.25) is 9.78 Å². The molecule has 4 rings (SSSR count). The Morgan fingerprint density at radius 2 is 2.07 bits per heavy atom. The number of amides is 1. The number of hydrogen-bond acceptors (Lipinski definition) is 7. The number of benzene rings is 1. The zero-order valence-corrected chi connectivity index (χ0v) is 14.6. The minimum absolute atomic E-state index is 0.0415. The molecule has 0 aliphatic carbocycles. The Bertz CT molecular complexity index is 988. The van der Waals surface area contributed by atoms with Crippen LogP contribution >= 0.6 is 0 Å². The Balaban J connectivity index is 1.61. The Morgan fingerprint density at radius 1 is 1.29 bits per heavy atom. The van der Waals surface area contributed by atoms with E-state index >= 15 is 0 Å². The number of ether oxygens (including phenoxy) is 1. The van der Waals surface area contributed by atoms with Gasteiger partial charge in [0.15, 0.2) is 0 Å². The lowest BCUT2D eigenvalue weighted by Crippen LogP contribution is -2.33. The van der Waals surface area contributed by atoms with E-state index in [1.165, 1.54) is 7.11 Å². The van der Waals surface area contributed by atoms with Gasteiger partial charge in [0.1, 0.15) is 23.4 Å². The van der Waals surface area contributed by atoms with Crippen molar-refractivity contribution in [2.75, 3.05) is 19.0 Å². The van der Waals surface area contributed by atoms with Gasteiger partial charge in [0.05, 0.1) is 12.7 Å². The Labute approximate surface area is 157 Å². The molecule has 3 aromatic rings. The van der Waals surface area contributed by atoms with Crippen molar-refractivity contribution in [2.45, 2.75) is 12.0 Å². The first kappa shape index (κ1) is 17.8. The van der Waals surface area contributed by atoms with E-state index in [1.807, 2.05) is 0 Å². The third kappa shape index (κ3) is 3.24. The first-order chi connectivity index (χ1) is 13.6. The number of rotatable bonds is 5. The maximum Gasteiger partial charge on any atom is 0.316 e. The Hall–Kier alpha value is -3.56. The first-order valence-electron chi connectivity index (χ1n) is 8.38. The van der Waals surface area contributed by atoms with E-state index in [0.29, 0.717) is 5.56 Å². The summed E-state index contributed by atoms with van der Waals surface area (Å²) >= 11 is 0. The van der Waals surface area contributed by atoms with Crippen LogP contribution in [0.5, 0.6) is 5.75 Å². The maximum absolute atomic E-state index is 14.5. The fraction of sp³-hybridized carbons (Fsp3) is 0.222. The smallest absolute Gasteiger partial charge is 0.316 e. The fourth-order valence-electron chi connectivity index (χ4n) is 3.11. The standard InChI is InChI=1S/C18H15F2N5O3/c1-27-10-5-12(19)14(13(20)6-10)11-8-22-16(26)15(11)23-18-25-24-17(28-18)9-3-2-4-21-7-9/h2-7,11,15H,8H2,1H3,(H,22,26)(H,23,25)/t11?,15-/m1/s1. The number of nitrogens with zero attached hydrogens (tertiary/aromatic N) is 3. The first-order valence-corrected chi connectivity index (χ1v) is 8.38. The van der Waals surface area contributed by atoms with Gasteiger partial charge in [-0.15, -0.1) is 5.10 Å². The van der Waals surface area contributed by atoms with E-state index in [1.54, 1.807) is 24.5 Å². The zero-order valence-electron chi connectivity index (χ0n) is 14.6. The van der Waals surface area contributed by atoms with E-state index in [2.05, 4.69) is 25.8 Å². The number of halogens is 2. The predicted octanol–water partition coefficient (Wildman–Crippen LogP) is 2.11. The van der Waals surface area contributed by atoms with E-state index in [0.717, 1.165) is 12.1 Å². The number of nitrogens with one attached hydrogen (secondary N) is 2. The van der Waals surface area contributed by atoms with Gasteiger partial charge in [-0.2, -0.15) is 0 Å². The minimum Gasteiger partial charge on any atom is -0.497 e. The molecule has 3 heterocycles. The van der Waals surface area contributed by atoms with Crippen LogP contribution in [0, 0.1) is 11.6 Å². The summed E-state index contributed by atoms with van der Waals surface area (Å²) in [6.45, 7) is 0.0558. The number of pyridine rings is 1. The van der Waals surface area contributed by atoms with Crippen LogP contribution in [0.15, 0.2) is 41.1 Å². The van der Waals surface area contributed by atoms with Gasteiger partial charge < -0.3 is 19.8 Å². The molecule has 28 heavy (non-hydrogen) atoms. The van der Waals surface area contributed by atoms with Crippen molar-refractivity contribution in [1.82, 2.24) is 20.5 Å². The van der Waals surface area contributed by atoms with Crippen LogP contribution in [-0.2, 0) is 4.79 Å². The van der Waals surface area contributed by atoms with Crippen molar-refractivity contribution >= 4 is 11.9 Å². The average Bonchev–Trinajstić information content (AvgIpc) is 3.30. The summed E-state index contributed by atoms with van der Waals surface area (Å²) in [5, 5.41) is 13.1. The van der Waals surface area contributed by atoms with Gasteiger partial charge in [0.25, 0.3) is 5.89 Å². The largest absolute Gasteiger partial charge is 0.497 e. The van der Waals surface area contributed by atoms with Crippen molar-refractivity contribution in [2.24, 2.45) is 0 Å². The third-order valence-corrected chi connectivity index (χ3v) is 4.45. The molecule has 1 fully saturated rings. The molecular formula is C18H15F2N5O3. The van der Waals surface area contributed by atoms with Crippen LogP contribution in [0.2, 0.25) is 0 Å². The van der Waals surface area contributed by atoms with Crippen molar-refractivity contribution in [3.63, 3.8) is 0 Å². The second-order valence-electron chi connectivity index (χ2n) is 6.13. The van der Waals surface area contributed by atoms with E-state index in [-0.39, 0.29) is 29.8 Å². The number of aromatic nitrogens is 3. The molecule has 1 aliphatic heterocycles. The van der Waals surface area contributed by atoms with E-state index in [9.17, 15) is 13.6 Å². The van der Waals surface area contributed by atoms with Gasteiger partial charge in [-0.05, 0) is 12.1 Å². The van der Waals surface area contributed by atoms with Gasteiger partial charge >= 0.3 is 6.01 Å². The van der Waals surface area contributed by atoms with Crippen LogP contribution in [0.1, 0.15) is 11.5 Å². The highest BCUT2D eigenvalue weighted by molar-refractivity contribution is 5.88. The fourth-order valence-corrected chi connectivity index (χ4v) is 3.11. The number of methoxy groups -OCH3 is 1. The van der Waals surface area contributed by atoms with Crippen molar-refractivity contribution < 1.29 is 22.7 Å². The molecule has 1 aromatic carbocycles. The molecule has 2 atom stereocenters. The van der Waals surface area contributed by atoms with Crippen LogP contribution in [0.25, 0.3) is 11.5 Å². The highest BCUT2D eigenvalue weighted by Crippen LogP contribution is 2.33. The molecule has 1 amide bonds. The lowest BCUT2D eigenvalue weighted by molar-refractivity contribution is -0.119. The number of carbonyl (C=O) groups is 1. The molecule has 2 aromatic heterocycles. The molecule has 2 N–H and O–H groups in total. The van der Waals surface area contributed by atoms with Gasteiger partial charge in [-0.25, -0.2) is 8.78 Å². The summed E-state index contributed by atoms with van der Waals surface area (Å²) in [7, 11) is 1.31. The molecular weight excluding hydrogens is 372 g/mol. The van der Waals surface area contributed by atoms with Crippen LogP contribution in [0.4, 0.5) is 14.8 Å². The van der Waals surface area contributed by atoms with Gasteiger partial charge in [-0.1, -0.05) is 5.10 Å². The summed E-state index contributed by atoms with van der Waals surface area (Å²) in [6.07, 6.45) is 3.15. The monoisotopic (exact) mass is 387 g/mol. The molecule has 1 unspecified atom stereocenters. The quantitative estimate of drug-likeness (QED) is 0.691. The van der Waals surface area contributed by atoms with Crippen LogP contribution in [0.3, 0.4) is 0 Å². The SMILES string of the molecule is COc1cc(F)c(C2CNC(=O)[C@@H]2Nc2nnc(-c3cccnc3)o2)c(F)c1. The topological polar surface area (TPSA) is 102 Å². The molecule has 8 nitrogen and oxygen atoms in total. The summed E-state index contributed by atoms with van der Waals surface area (Å²) in [6, 6.07) is 4.57. The second-order valence-corrected chi connectivity index (χ2v) is 6.13. The summed E-state index contributed by atoms with van der Waals surface area (Å²) < 4.78 is 39.3.